The number of pyridine rings is 2. The lowest BCUT2D eigenvalue weighted by molar-refractivity contribution is -0.385. The predicted molar refractivity (Wildman–Crippen MR) is 124 cm³/mol. The van der Waals surface area contributed by atoms with Crippen LogP contribution < -0.4 is 4.74 Å². The third-order valence-corrected chi connectivity index (χ3v) is 6.57. The highest BCUT2D eigenvalue weighted by atomic mass is 32.2. The Bertz CT molecular complexity index is 1580. The SMILES string of the molecule is CN(/N=C\c1cnn2ccc(C#N)cc12)S(=O)(=O)c1cc([N+](=O)[O-])ccc1OCc1ccccn1. The molecule has 3 heterocycles. The van der Waals surface area contributed by atoms with Gasteiger partial charge in [0.1, 0.15) is 17.3 Å². The van der Waals surface area contributed by atoms with Gasteiger partial charge in [-0.3, -0.25) is 15.1 Å². The van der Waals surface area contributed by atoms with Gasteiger partial charge in [-0.15, -0.1) is 0 Å². The molecule has 0 N–H and O–H groups in total. The molecule has 3 aromatic heterocycles. The fourth-order valence-electron chi connectivity index (χ4n) is 3.08. The van der Waals surface area contributed by atoms with Crippen molar-refractivity contribution < 1.29 is 18.1 Å². The minimum atomic E-state index is -4.34. The van der Waals surface area contributed by atoms with Gasteiger partial charge in [-0.05, 0) is 30.3 Å². The number of nitro groups is 1. The van der Waals surface area contributed by atoms with Crippen LogP contribution in [-0.2, 0) is 16.6 Å². The summed E-state index contributed by atoms with van der Waals surface area (Å²) in [5.74, 6) is -0.0852. The number of fused-ring (bicyclic) bond motifs is 1. The van der Waals surface area contributed by atoms with Crippen molar-refractivity contribution in [1.29, 1.82) is 5.26 Å². The summed E-state index contributed by atoms with van der Waals surface area (Å²) in [6.07, 6.45) is 5.90. The number of benzene rings is 1. The van der Waals surface area contributed by atoms with Crippen LogP contribution in [0.1, 0.15) is 16.8 Å². The van der Waals surface area contributed by atoms with Crippen molar-refractivity contribution in [1.82, 2.24) is 19.0 Å². The van der Waals surface area contributed by atoms with Crippen LogP contribution in [-0.4, -0.2) is 45.6 Å². The van der Waals surface area contributed by atoms with Crippen LogP contribution in [0.25, 0.3) is 5.52 Å². The monoisotopic (exact) mass is 491 g/mol. The molecule has 0 saturated heterocycles. The summed E-state index contributed by atoms with van der Waals surface area (Å²) in [6.45, 7) is -0.0439. The van der Waals surface area contributed by atoms with E-state index in [9.17, 15) is 18.5 Å². The van der Waals surface area contributed by atoms with E-state index in [4.69, 9.17) is 10.00 Å². The number of hydrazone groups is 1. The van der Waals surface area contributed by atoms with E-state index in [0.717, 1.165) is 12.1 Å². The minimum absolute atomic E-state index is 0.0439. The smallest absolute Gasteiger partial charge is 0.282 e. The first-order valence-electron chi connectivity index (χ1n) is 10.0. The fraction of sp³-hybridized carbons (Fsp3) is 0.0909. The number of non-ortho nitro benzene ring substituents is 1. The Morgan fingerprint density at radius 3 is 2.83 bits per heavy atom. The van der Waals surface area contributed by atoms with Gasteiger partial charge in [0.25, 0.3) is 15.7 Å². The van der Waals surface area contributed by atoms with Crippen molar-refractivity contribution in [2.75, 3.05) is 7.05 Å². The zero-order chi connectivity index (χ0) is 25.0. The Morgan fingerprint density at radius 2 is 2.11 bits per heavy atom. The molecule has 35 heavy (non-hydrogen) atoms. The minimum Gasteiger partial charge on any atom is -0.486 e. The molecule has 13 heteroatoms. The van der Waals surface area contributed by atoms with Gasteiger partial charge in [0.05, 0.1) is 40.2 Å². The Hall–Kier alpha value is -4.83. The van der Waals surface area contributed by atoms with Crippen LogP contribution in [0.5, 0.6) is 5.75 Å². The maximum absolute atomic E-state index is 13.3. The zero-order valence-corrected chi connectivity index (χ0v) is 19.0. The van der Waals surface area contributed by atoms with Crippen LogP contribution in [0.2, 0.25) is 0 Å². The number of hydrogen-bond acceptors (Lipinski definition) is 9. The maximum atomic E-state index is 13.3. The number of aromatic nitrogens is 3. The van der Waals surface area contributed by atoms with E-state index in [1.807, 2.05) is 6.07 Å². The number of rotatable bonds is 8. The number of hydrogen-bond donors (Lipinski definition) is 0. The number of ether oxygens (including phenoxy) is 1. The number of nitro benzene ring substituents is 1. The lowest BCUT2D eigenvalue weighted by Crippen LogP contribution is -2.23. The highest BCUT2D eigenvalue weighted by Crippen LogP contribution is 2.31. The lowest BCUT2D eigenvalue weighted by atomic mass is 10.2. The molecule has 0 fully saturated rings. The van der Waals surface area contributed by atoms with Crippen LogP contribution in [0.15, 0.2) is 77.1 Å². The van der Waals surface area contributed by atoms with E-state index in [1.54, 1.807) is 42.7 Å². The van der Waals surface area contributed by atoms with E-state index in [0.29, 0.717) is 26.8 Å². The van der Waals surface area contributed by atoms with E-state index in [2.05, 4.69) is 15.2 Å². The zero-order valence-electron chi connectivity index (χ0n) is 18.2. The second kappa shape index (κ2) is 9.57. The molecule has 0 amide bonds. The lowest BCUT2D eigenvalue weighted by Gasteiger charge is -2.16. The molecule has 0 aliphatic rings. The average molecular weight is 491 g/mol. The van der Waals surface area contributed by atoms with Gasteiger partial charge in [0.2, 0.25) is 0 Å². The summed E-state index contributed by atoms with van der Waals surface area (Å²) < 4.78 is 34.4. The van der Waals surface area contributed by atoms with E-state index in [-0.39, 0.29) is 12.4 Å². The van der Waals surface area contributed by atoms with Crippen molar-refractivity contribution in [3.63, 3.8) is 0 Å². The van der Waals surface area contributed by atoms with Gasteiger partial charge in [0, 0.05) is 37.1 Å². The van der Waals surface area contributed by atoms with Gasteiger partial charge < -0.3 is 4.74 Å². The summed E-state index contributed by atoms with van der Waals surface area (Å²) in [7, 11) is -3.15. The first kappa shape index (κ1) is 23.3. The molecule has 4 aromatic rings. The highest BCUT2D eigenvalue weighted by Gasteiger charge is 2.27. The van der Waals surface area contributed by atoms with E-state index >= 15 is 0 Å². The van der Waals surface area contributed by atoms with Gasteiger partial charge in [-0.1, -0.05) is 6.07 Å². The number of nitrogens with zero attached hydrogens (tertiary/aromatic N) is 7. The van der Waals surface area contributed by atoms with Gasteiger partial charge >= 0.3 is 0 Å². The second-order valence-electron chi connectivity index (χ2n) is 7.14. The molecule has 0 unspecified atom stereocenters. The third kappa shape index (κ3) is 4.92. The molecule has 0 spiro atoms. The molecular formula is C22H17N7O5S. The van der Waals surface area contributed by atoms with Crippen molar-refractivity contribution in [2.45, 2.75) is 11.5 Å². The maximum Gasteiger partial charge on any atom is 0.282 e. The molecule has 176 valence electrons. The summed E-state index contributed by atoms with van der Waals surface area (Å²) in [6, 6.07) is 13.7. The summed E-state index contributed by atoms with van der Waals surface area (Å²) in [5, 5.41) is 28.5. The van der Waals surface area contributed by atoms with Gasteiger partial charge in [0.15, 0.2) is 0 Å². The topological polar surface area (TPSA) is 156 Å². The van der Waals surface area contributed by atoms with Crippen molar-refractivity contribution in [3.05, 3.63) is 94.1 Å². The van der Waals surface area contributed by atoms with Crippen molar-refractivity contribution >= 4 is 27.4 Å². The van der Waals surface area contributed by atoms with Crippen molar-refractivity contribution in [2.24, 2.45) is 5.10 Å². The van der Waals surface area contributed by atoms with Crippen LogP contribution in [0.3, 0.4) is 0 Å². The number of sulfonamides is 1. The van der Waals surface area contributed by atoms with Crippen LogP contribution in [0.4, 0.5) is 5.69 Å². The Balaban J connectivity index is 1.66. The largest absolute Gasteiger partial charge is 0.486 e. The fourth-order valence-corrected chi connectivity index (χ4v) is 4.19. The molecule has 0 aliphatic heterocycles. The Morgan fingerprint density at radius 1 is 1.29 bits per heavy atom. The average Bonchev–Trinajstić information content (AvgIpc) is 3.28. The third-order valence-electron chi connectivity index (χ3n) is 4.91. The quantitative estimate of drug-likeness (QED) is 0.207. The summed E-state index contributed by atoms with van der Waals surface area (Å²) in [4.78, 5) is 14.3. The highest BCUT2D eigenvalue weighted by molar-refractivity contribution is 7.89. The Kier molecular flexibility index (Phi) is 6.38. The Labute approximate surface area is 199 Å². The van der Waals surface area contributed by atoms with Gasteiger partial charge in [-0.2, -0.15) is 28.3 Å². The van der Waals surface area contributed by atoms with Crippen LogP contribution >= 0.6 is 0 Å². The van der Waals surface area contributed by atoms with Crippen LogP contribution in [0, 0.1) is 21.4 Å². The van der Waals surface area contributed by atoms with Gasteiger partial charge in [-0.25, -0.2) is 4.52 Å². The molecule has 0 radical (unpaired) electrons. The number of nitriles is 1. The molecule has 0 aliphatic carbocycles. The molecule has 0 bridgehead atoms. The molecule has 1 aromatic carbocycles. The molecule has 12 nitrogen and oxygen atoms in total. The summed E-state index contributed by atoms with van der Waals surface area (Å²) in [5.41, 5.74) is 1.55. The first-order chi connectivity index (χ1) is 16.8. The summed E-state index contributed by atoms with van der Waals surface area (Å²) >= 11 is 0. The normalized spacial score (nSPS) is 11.4. The van der Waals surface area contributed by atoms with E-state index in [1.165, 1.54) is 30.0 Å². The van der Waals surface area contributed by atoms with Crippen molar-refractivity contribution in [3.8, 4) is 11.8 Å². The first-order valence-corrected chi connectivity index (χ1v) is 11.4. The second-order valence-corrected chi connectivity index (χ2v) is 9.06. The molecular weight excluding hydrogens is 474 g/mol. The molecule has 0 atom stereocenters. The molecule has 4 rings (SSSR count). The standard InChI is InChI=1S/C22H17N7O5S/c1-27(25-13-17-14-26-28-9-7-16(12-23)10-20(17)28)35(32,33)22-11-19(29(30)31)5-6-21(22)34-15-18-4-2-3-8-24-18/h2-11,13-14H,15H2,1H3/b25-13-. The van der Waals surface area contributed by atoms with E-state index < -0.39 is 25.5 Å². The molecule has 0 saturated carbocycles. The predicted octanol–water partition coefficient (Wildman–Crippen LogP) is 2.74.